The van der Waals surface area contributed by atoms with Crippen LogP contribution in [0.3, 0.4) is 0 Å². The van der Waals surface area contributed by atoms with Crippen molar-refractivity contribution in [3.05, 3.63) is 167 Å². The van der Waals surface area contributed by atoms with Gasteiger partial charge in [0.25, 0.3) is 0 Å². The third-order valence-electron chi connectivity index (χ3n) is 10.7. The number of aromatic nitrogens is 3. The van der Waals surface area contributed by atoms with E-state index in [0.717, 1.165) is 58.3 Å². The zero-order chi connectivity index (χ0) is 34.9. The maximum absolute atomic E-state index is 6.55. The fourth-order valence-corrected chi connectivity index (χ4v) is 9.34. The van der Waals surface area contributed by atoms with Crippen molar-refractivity contribution in [2.75, 3.05) is 4.90 Å². The lowest BCUT2D eigenvalue weighted by Crippen LogP contribution is -2.29. The van der Waals surface area contributed by atoms with Crippen molar-refractivity contribution < 1.29 is 4.42 Å². The molecule has 0 fully saturated rings. The molecule has 0 bridgehead atoms. The van der Waals surface area contributed by atoms with E-state index in [2.05, 4.69) is 120 Å². The Labute approximate surface area is 309 Å². The van der Waals surface area contributed by atoms with E-state index in [1.165, 1.54) is 41.9 Å². The van der Waals surface area contributed by atoms with Crippen LogP contribution in [0.25, 0.3) is 71.6 Å². The summed E-state index contributed by atoms with van der Waals surface area (Å²) in [4.78, 5) is 17.9. The van der Waals surface area contributed by atoms with Gasteiger partial charge in [-0.1, -0.05) is 121 Å². The number of hydrogen-bond acceptors (Lipinski definition) is 6. The molecule has 252 valence electrons. The number of fused-ring (bicyclic) bond motifs is 8. The lowest BCUT2D eigenvalue weighted by Gasteiger charge is -2.32. The Hall–Kier alpha value is -6.37. The van der Waals surface area contributed by atoms with Gasteiger partial charge in [0.1, 0.15) is 11.0 Å². The molecule has 3 aliphatic rings. The minimum absolute atomic E-state index is 0.0838. The summed E-state index contributed by atoms with van der Waals surface area (Å²) in [5.41, 5.74) is 9.83. The van der Waals surface area contributed by atoms with Gasteiger partial charge < -0.3 is 4.42 Å². The van der Waals surface area contributed by atoms with Crippen LogP contribution in [0.15, 0.2) is 155 Å². The van der Waals surface area contributed by atoms with E-state index in [4.69, 9.17) is 19.4 Å². The third-order valence-corrected chi connectivity index (χ3v) is 11.9. The number of furan rings is 1. The van der Waals surface area contributed by atoms with Crippen LogP contribution in [0.4, 0.5) is 11.6 Å². The van der Waals surface area contributed by atoms with E-state index in [9.17, 15) is 0 Å². The minimum Gasteiger partial charge on any atom is -0.456 e. The van der Waals surface area contributed by atoms with Gasteiger partial charge in [-0.25, -0.2) is 4.98 Å². The monoisotopic (exact) mass is 700 g/mol. The second-order valence-corrected chi connectivity index (χ2v) is 15.0. The van der Waals surface area contributed by atoms with E-state index >= 15 is 0 Å². The van der Waals surface area contributed by atoms with Gasteiger partial charge in [0.15, 0.2) is 11.6 Å². The van der Waals surface area contributed by atoms with E-state index in [0.29, 0.717) is 17.6 Å². The summed E-state index contributed by atoms with van der Waals surface area (Å²) in [7, 11) is 0. The molecule has 53 heavy (non-hydrogen) atoms. The first kappa shape index (κ1) is 30.3. The van der Waals surface area contributed by atoms with Gasteiger partial charge >= 0.3 is 0 Å². The highest BCUT2D eigenvalue weighted by Crippen LogP contribution is 2.46. The molecule has 5 aromatic carbocycles. The SMILES string of the molecule is C1=CC2CC(C3=c4oc5ccccc5c4=CCC3)=CC=C2N(c2nc(-c3ccccc3)nc(-c3ccccc3)n2)c2cc3c(cc21)sc1ccccc13. The van der Waals surface area contributed by atoms with E-state index in [1.54, 1.807) is 0 Å². The second kappa shape index (κ2) is 12.1. The Morgan fingerprint density at radius 1 is 0.679 bits per heavy atom. The van der Waals surface area contributed by atoms with E-state index in [-0.39, 0.29) is 5.92 Å². The lowest BCUT2D eigenvalue weighted by molar-refractivity contribution is 0.566. The van der Waals surface area contributed by atoms with Gasteiger partial charge in [0.05, 0.1) is 5.69 Å². The molecule has 2 aliphatic carbocycles. The first-order chi connectivity index (χ1) is 26.2. The Morgan fingerprint density at radius 2 is 1.40 bits per heavy atom. The van der Waals surface area contributed by atoms with Gasteiger partial charge in [-0.15, -0.1) is 11.3 Å². The smallest absolute Gasteiger partial charge is 0.238 e. The quantitative estimate of drug-likeness (QED) is 0.183. The molecule has 0 N–H and O–H groups in total. The molecule has 1 aliphatic heterocycles. The zero-order valence-electron chi connectivity index (χ0n) is 28.7. The lowest BCUT2D eigenvalue weighted by atomic mass is 9.84. The van der Waals surface area contributed by atoms with Gasteiger partial charge in [0, 0.05) is 53.5 Å². The predicted molar refractivity (Wildman–Crippen MR) is 218 cm³/mol. The topological polar surface area (TPSA) is 55.1 Å². The fraction of sp³-hybridized carbons (Fsp3) is 0.0851. The molecule has 4 heterocycles. The molecule has 0 amide bonds. The number of benzene rings is 5. The summed E-state index contributed by atoms with van der Waals surface area (Å²) < 4.78 is 9.11. The van der Waals surface area contributed by atoms with Crippen LogP contribution in [0.1, 0.15) is 24.8 Å². The van der Waals surface area contributed by atoms with Crippen LogP contribution < -0.4 is 15.5 Å². The van der Waals surface area contributed by atoms with Crippen LogP contribution in [0.2, 0.25) is 0 Å². The highest BCUT2D eigenvalue weighted by Gasteiger charge is 2.32. The summed E-state index contributed by atoms with van der Waals surface area (Å²) in [5.74, 6) is 1.98. The first-order valence-corrected chi connectivity index (χ1v) is 19.0. The Balaban J connectivity index is 1.16. The Bertz CT molecular complexity index is 2930. The number of hydrogen-bond donors (Lipinski definition) is 0. The number of thiophene rings is 1. The van der Waals surface area contributed by atoms with Crippen molar-refractivity contribution in [3.8, 4) is 22.8 Å². The summed E-state index contributed by atoms with van der Waals surface area (Å²) in [6, 6.07) is 42.2. The molecule has 0 saturated carbocycles. The molecule has 3 aromatic heterocycles. The highest BCUT2D eigenvalue weighted by atomic mass is 32.1. The van der Waals surface area contributed by atoms with Gasteiger partial charge in [-0.2, -0.15) is 9.97 Å². The Kier molecular flexibility index (Phi) is 6.92. The molecular formula is C47H32N4OS. The van der Waals surface area contributed by atoms with Crippen molar-refractivity contribution in [1.29, 1.82) is 0 Å². The van der Waals surface area contributed by atoms with Crippen molar-refractivity contribution in [2.24, 2.45) is 5.92 Å². The maximum atomic E-state index is 6.55. The minimum atomic E-state index is 0.0838. The average Bonchev–Trinajstić information content (AvgIpc) is 3.74. The average molecular weight is 701 g/mol. The molecule has 8 aromatic rings. The van der Waals surface area contributed by atoms with Gasteiger partial charge in [-0.3, -0.25) is 4.90 Å². The second-order valence-electron chi connectivity index (χ2n) is 13.9. The molecule has 0 radical (unpaired) electrons. The van der Waals surface area contributed by atoms with Crippen molar-refractivity contribution in [2.45, 2.75) is 19.3 Å². The van der Waals surface area contributed by atoms with E-state index in [1.807, 2.05) is 47.7 Å². The maximum Gasteiger partial charge on any atom is 0.238 e. The molecule has 5 nitrogen and oxygen atoms in total. The third kappa shape index (κ3) is 5.01. The van der Waals surface area contributed by atoms with Crippen LogP contribution in [-0.4, -0.2) is 15.0 Å². The molecule has 1 unspecified atom stereocenters. The summed E-state index contributed by atoms with van der Waals surface area (Å²) >= 11 is 1.84. The van der Waals surface area contributed by atoms with Gasteiger partial charge in [0.2, 0.25) is 5.95 Å². The number of anilines is 2. The Morgan fingerprint density at radius 3 is 2.19 bits per heavy atom. The molecule has 0 spiro atoms. The summed E-state index contributed by atoms with van der Waals surface area (Å²) in [6.45, 7) is 0. The molecule has 11 rings (SSSR count). The van der Waals surface area contributed by atoms with Crippen LogP contribution in [-0.2, 0) is 0 Å². The van der Waals surface area contributed by atoms with Crippen LogP contribution >= 0.6 is 11.3 Å². The fourth-order valence-electron chi connectivity index (χ4n) is 8.21. The van der Waals surface area contributed by atoms with Crippen LogP contribution in [0.5, 0.6) is 0 Å². The molecule has 6 heteroatoms. The van der Waals surface area contributed by atoms with Crippen molar-refractivity contribution in [1.82, 2.24) is 15.0 Å². The number of para-hydroxylation sites is 1. The molecule has 0 saturated heterocycles. The predicted octanol–water partition coefficient (Wildman–Crippen LogP) is 10.7. The standard InChI is InChI=1S/C47H32N4OS/c1-3-12-29(13-4-1)45-48-46(30-14-5-2-6-15-30)50-47(49-45)51-39-25-24-31(34-18-11-19-37-35-16-7-9-20-41(35)52-44(34)37)26-32(39)22-23-33-27-43-38(28-40(33)51)36-17-8-10-21-42(36)53-43/h1-10,12-17,19-25,27-28,32H,11,18,26H2. The summed E-state index contributed by atoms with van der Waals surface area (Å²) in [6.07, 6.45) is 14.4. The molecular weight excluding hydrogens is 669 g/mol. The first-order valence-electron chi connectivity index (χ1n) is 18.2. The zero-order valence-corrected chi connectivity index (χ0v) is 29.6. The number of allylic oxidation sites excluding steroid dienone is 4. The van der Waals surface area contributed by atoms with Crippen LogP contribution in [0, 0.1) is 5.92 Å². The number of nitrogens with zero attached hydrogens (tertiary/aromatic N) is 4. The normalized spacial score (nSPS) is 16.5. The molecule has 1 atom stereocenters. The van der Waals surface area contributed by atoms with Gasteiger partial charge in [-0.05, 0) is 66.3 Å². The van der Waals surface area contributed by atoms with Crippen molar-refractivity contribution in [3.63, 3.8) is 0 Å². The number of rotatable bonds is 4. The van der Waals surface area contributed by atoms with E-state index < -0.39 is 0 Å². The largest absolute Gasteiger partial charge is 0.456 e. The summed E-state index contributed by atoms with van der Waals surface area (Å²) in [5, 5.41) is 4.91. The highest BCUT2D eigenvalue weighted by molar-refractivity contribution is 7.25. The van der Waals surface area contributed by atoms with Crippen molar-refractivity contribution >= 4 is 71.8 Å².